The summed E-state index contributed by atoms with van der Waals surface area (Å²) < 4.78 is 32.1. The minimum absolute atomic E-state index is 0.251. The topological polar surface area (TPSA) is 38.5 Å². The molecule has 100 valence electrons. The number of hydrogen-bond acceptors (Lipinski definition) is 3. The number of rotatable bonds is 3. The van der Waals surface area contributed by atoms with Crippen LogP contribution in [-0.2, 0) is 4.74 Å². The zero-order valence-electron chi connectivity index (χ0n) is 10.4. The number of nitrogens with two attached hydrogens (primary N) is 1. The van der Waals surface area contributed by atoms with E-state index in [1.54, 1.807) is 0 Å². The van der Waals surface area contributed by atoms with Gasteiger partial charge in [-0.2, -0.15) is 0 Å². The Labute approximate surface area is 106 Å². The van der Waals surface area contributed by atoms with Gasteiger partial charge in [-0.15, -0.1) is 0 Å². The van der Waals surface area contributed by atoms with Crippen molar-refractivity contribution in [1.82, 2.24) is 4.90 Å². The highest BCUT2D eigenvalue weighted by Crippen LogP contribution is 2.23. The van der Waals surface area contributed by atoms with Crippen LogP contribution >= 0.6 is 0 Å². The third-order valence-electron chi connectivity index (χ3n) is 3.35. The van der Waals surface area contributed by atoms with Gasteiger partial charge in [-0.25, -0.2) is 8.78 Å². The number of morpholine rings is 1. The number of benzene rings is 1. The van der Waals surface area contributed by atoms with Gasteiger partial charge in [-0.3, -0.25) is 4.90 Å². The standard InChI is InChI=1S/C13H18F2N2O/c1-2-17-5-6-18-12(8-17)13(16)10-4-3-9(14)7-11(10)15/h3-4,7,12-13H,2,5-6,8,16H2,1H3. The van der Waals surface area contributed by atoms with E-state index < -0.39 is 17.7 Å². The summed E-state index contributed by atoms with van der Waals surface area (Å²) in [7, 11) is 0. The molecule has 2 rings (SSSR count). The zero-order valence-corrected chi connectivity index (χ0v) is 10.4. The molecule has 2 atom stereocenters. The van der Waals surface area contributed by atoms with Gasteiger partial charge in [0.25, 0.3) is 0 Å². The van der Waals surface area contributed by atoms with Crippen molar-refractivity contribution < 1.29 is 13.5 Å². The quantitative estimate of drug-likeness (QED) is 0.894. The minimum Gasteiger partial charge on any atom is -0.374 e. The maximum absolute atomic E-state index is 13.6. The normalized spacial score (nSPS) is 23.0. The fraction of sp³-hybridized carbons (Fsp3) is 0.538. The van der Waals surface area contributed by atoms with Gasteiger partial charge in [-0.05, 0) is 12.6 Å². The molecular weight excluding hydrogens is 238 g/mol. The predicted molar refractivity (Wildman–Crippen MR) is 65.1 cm³/mol. The lowest BCUT2D eigenvalue weighted by Gasteiger charge is -2.35. The summed E-state index contributed by atoms with van der Waals surface area (Å²) in [6, 6.07) is 2.90. The second kappa shape index (κ2) is 5.73. The van der Waals surface area contributed by atoms with Crippen molar-refractivity contribution in [1.29, 1.82) is 0 Å². The molecule has 5 heteroatoms. The van der Waals surface area contributed by atoms with Crippen LogP contribution in [0.3, 0.4) is 0 Å². The Bertz CT molecular complexity index is 414. The molecular formula is C13H18F2N2O. The van der Waals surface area contributed by atoms with Gasteiger partial charge in [0.2, 0.25) is 0 Å². The summed E-state index contributed by atoms with van der Waals surface area (Å²) in [5.74, 6) is -1.21. The molecule has 0 bridgehead atoms. The smallest absolute Gasteiger partial charge is 0.130 e. The zero-order chi connectivity index (χ0) is 13.1. The average molecular weight is 256 g/mol. The highest BCUT2D eigenvalue weighted by Gasteiger charge is 2.27. The van der Waals surface area contributed by atoms with Crippen LogP contribution in [0.25, 0.3) is 0 Å². The summed E-state index contributed by atoms with van der Waals surface area (Å²) in [6.45, 7) is 5.11. The molecule has 1 aliphatic heterocycles. The molecule has 0 spiro atoms. The van der Waals surface area contributed by atoms with Crippen LogP contribution in [0, 0.1) is 11.6 Å². The molecule has 1 aromatic carbocycles. The van der Waals surface area contributed by atoms with E-state index in [0.717, 1.165) is 19.2 Å². The summed E-state index contributed by atoms with van der Waals surface area (Å²) >= 11 is 0. The number of likely N-dealkylation sites (N-methyl/N-ethyl adjacent to an activating group) is 1. The first-order valence-electron chi connectivity index (χ1n) is 6.16. The van der Waals surface area contributed by atoms with E-state index in [9.17, 15) is 8.78 Å². The van der Waals surface area contributed by atoms with Crippen molar-refractivity contribution in [2.45, 2.75) is 19.1 Å². The van der Waals surface area contributed by atoms with Gasteiger partial charge < -0.3 is 10.5 Å². The monoisotopic (exact) mass is 256 g/mol. The van der Waals surface area contributed by atoms with Gasteiger partial charge in [0.1, 0.15) is 11.6 Å². The molecule has 1 saturated heterocycles. The van der Waals surface area contributed by atoms with E-state index in [1.807, 2.05) is 0 Å². The largest absolute Gasteiger partial charge is 0.374 e. The number of halogens is 2. The maximum atomic E-state index is 13.6. The molecule has 0 aromatic heterocycles. The first-order chi connectivity index (χ1) is 8.61. The van der Waals surface area contributed by atoms with Crippen molar-refractivity contribution in [3.63, 3.8) is 0 Å². The fourth-order valence-corrected chi connectivity index (χ4v) is 2.21. The summed E-state index contributed by atoms with van der Waals surface area (Å²) in [6.07, 6.45) is -0.251. The lowest BCUT2D eigenvalue weighted by atomic mass is 10.0. The molecule has 0 amide bonds. The Morgan fingerprint density at radius 3 is 2.94 bits per heavy atom. The highest BCUT2D eigenvalue weighted by molar-refractivity contribution is 5.23. The SMILES string of the molecule is CCN1CCOC(C(N)c2ccc(F)cc2F)C1. The van der Waals surface area contributed by atoms with E-state index in [1.165, 1.54) is 12.1 Å². The molecule has 18 heavy (non-hydrogen) atoms. The molecule has 2 unspecified atom stereocenters. The lowest BCUT2D eigenvalue weighted by Crippen LogP contribution is -2.47. The van der Waals surface area contributed by atoms with Gasteiger partial charge in [0, 0.05) is 24.7 Å². The fourth-order valence-electron chi connectivity index (χ4n) is 2.21. The molecule has 3 nitrogen and oxygen atoms in total. The summed E-state index contributed by atoms with van der Waals surface area (Å²) in [4.78, 5) is 2.20. The lowest BCUT2D eigenvalue weighted by molar-refractivity contribution is -0.0397. The molecule has 2 N–H and O–H groups in total. The first kappa shape index (κ1) is 13.4. The van der Waals surface area contributed by atoms with E-state index in [0.29, 0.717) is 18.7 Å². The van der Waals surface area contributed by atoms with Gasteiger partial charge in [0.15, 0.2) is 0 Å². The number of ether oxygens (including phenoxy) is 1. The van der Waals surface area contributed by atoms with Gasteiger partial charge >= 0.3 is 0 Å². The van der Waals surface area contributed by atoms with Crippen LogP contribution < -0.4 is 5.73 Å². The van der Waals surface area contributed by atoms with Crippen LogP contribution in [0.4, 0.5) is 8.78 Å². The second-order valence-corrected chi connectivity index (χ2v) is 4.49. The maximum Gasteiger partial charge on any atom is 0.130 e. The third kappa shape index (κ3) is 2.85. The Balaban J connectivity index is 2.12. The Kier molecular flexibility index (Phi) is 4.27. The highest BCUT2D eigenvalue weighted by atomic mass is 19.1. The minimum atomic E-state index is -0.611. The molecule has 0 aliphatic carbocycles. The average Bonchev–Trinajstić information content (AvgIpc) is 2.38. The molecule has 0 saturated carbocycles. The van der Waals surface area contributed by atoms with Crippen LogP contribution in [0.1, 0.15) is 18.5 Å². The molecule has 1 aromatic rings. The van der Waals surface area contributed by atoms with Crippen molar-refractivity contribution in [2.75, 3.05) is 26.2 Å². The number of hydrogen-bond donors (Lipinski definition) is 1. The van der Waals surface area contributed by atoms with Crippen molar-refractivity contribution >= 4 is 0 Å². The third-order valence-corrected chi connectivity index (χ3v) is 3.35. The van der Waals surface area contributed by atoms with E-state index >= 15 is 0 Å². The molecule has 0 radical (unpaired) electrons. The molecule has 1 heterocycles. The van der Waals surface area contributed by atoms with Crippen LogP contribution in [-0.4, -0.2) is 37.2 Å². The van der Waals surface area contributed by atoms with E-state index in [2.05, 4.69) is 11.8 Å². The van der Waals surface area contributed by atoms with Crippen molar-refractivity contribution in [3.8, 4) is 0 Å². The predicted octanol–water partition coefficient (Wildman–Crippen LogP) is 1.69. The molecule has 1 aliphatic rings. The van der Waals surface area contributed by atoms with Crippen LogP contribution in [0.5, 0.6) is 0 Å². The number of nitrogens with zero attached hydrogens (tertiary/aromatic N) is 1. The summed E-state index contributed by atoms with van der Waals surface area (Å²) in [5.41, 5.74) is 6.33. The first-order valence-corrected chi connectivity index (χ1v) is 6.16. The van der Waals surface area contributed by atoms with E-state index in [-0.39, 0.29) is 6.10 Å². The van der Waals surface area contributed by atoms with Gasteiger partial charge in [0.05, 0.1) is 18.8 Å². The Hall–Kier alpha value is -1.04. The second-order valence-electron chi connectivity index (χ2n) is 4.49. The van der Waals surface area contributed by atoms with Crippen molar-refractivity contribution in [3.05, 3.63) is 35.4 Å². The van der Waals surface area contributed by atoms with Crippen LogP contribution in [0.15, 0.2) is 18.2 Å². The Morgan fingerprint density at radius 2 is 2.28 bits per heavy atom. The van der Waals surface area contributed by atoms with Gasteiger partial charge in [-0.1, -0.05) is 13.0 Å². The summed E-state index contributed by atoms with van der Waals surface area (Å²) in [5, 5.41) is 0. The van der Waals surface area contributed by atoms with Crippen molar-refractivity contribution in [2.24, 2.45) is 5.73 Å². The van der Waals surface area contributed by atoms with Crippen LogP contribution in [0.2, 0.25) is 0 Å². The Morgan fingerprint density at radius 1 is 1.50 bits per heavy atom. The molecule has 1 fully saturated rings. The van der Waals surface area contributed by atoms with E-state index in [4.69, 9.17) is 10.5 Å².